The van der Waals surface area contributed by atoms with Crippen LogP contribution in [0.25, 0.3) is 0 Å². The maximum atomic E-state index is 12.8. The summed E-state index contributed by atoms with van der Waals surface area (Å²) in [5.74, 6) is -2.30. The molecule has 0 aromatic heterocycles. The van der Waals surface area contributed by atoms with E-state index in [9.17, 15) is 24.3 Å². The first-order valence-corrected chi connectivity index (χ1v) is 8.22. The summed E-state index contributed by atoms with van der Waals surface area (Å²) in [5, 5.41) is 21.3. The number of nitrogens with one attached hydrogen (secondary N) is 1. The second-order valence-electron chi connectivity index (χ2n) is 6.12. The molecule has 0 aliphatic carbocycles. The third-order valence-corrected chi connectivity index (χ3v) is 4.39. The van der Waals surface area contributed by atoms with E-state index in [1.54, 1.807) is 18.2 Å². The Kier molecular flexibility index (Phi) is 4.90. The fraction of sp³-hybridized carbons (Fsp3) is 0.412. The Labute approximate surface area is 148 Å². The van der Waals surface area contributed by atoms with Crippen molar-refractivity contribution in [3.8, 4) is 5.75 Å². The predicted molar refractivity (Wildman–Crippen MR) is 86.1 cm³/mol. The molecule has 2 atom stereocenters. The highest BCUT2D eigenvalue weighted by molar-refractivity contribution is 6.06. The zero-order valence-corrected chi connectivity index (χ0v) is 13.8. The van der Waals surface area contributed by atoms with E-state index < -0.39 is 36.0 Å². The van der Waals surface area contributed by atoms with Gasteiger partial charge in [0.05, 0.1) is 12.2 Å². The van der Waals surface area contributed by atoms with Crippen molar-refractivity contribution < 1.29 is 34.1 Å². The molecule has 9 nitrogen and oxygen atoms in total. The Morgan fingerprint density at radius 1 is 1.31 bits per heavy atom. The number of hydrogen-bond donors (Lipinski definition) is 3. The number of amides is 3. The molecule has 138 valence electrons. The van der Waals surface area contributed by atoms with Crippen LogP contribution in [-0.4, -0.2) is 51.5 Å². The number of piperidine rings is 1. The molecule has 26 heavy (non-hydrogen) atoms. The summed E-state index contributed by atoms with van der Waals surface area (Å²) in [5.41, 5.74) is 0.468. The van der Waals surface area contributed by atoms with Crippen LogP contribution in [0.2, 0.25) is 0 Å². The minimum atomic E-state index is -1.32. The summed E-state index contributed by atoms with van der Waals surface area (Å²) in [6, 6.07) is 3.78. The topological polar surface area (TPSA) is 133 Å². The van der Waals surface area contributed by atoms with Crippen molar-refractivity contribution in [3.63, 3.8) is 0 Å². The number of rotatable bonds is 6. The standard InChI is InChI=1S/C17H18N2O7/c20-12-7-6-10(15(23)18-12)19-16(24)9-3-1-4-11(14(9)17(19)25)26-8-2-5-13(21)22/h1,3-4,10,16,24H,2,5-8H2,(H,21,22)(H,18,20,23). The number of fused-ring (bicyclic) bond motifs is 1. The molecule has 1 aromatic carbocycles. The molecule has 0 bridgehead atoms. The molecule has 2 heterocycles. The van der Waals surface area contributed by atoms with Crippen molar-refractivity contribution in [2.75, 3.05) is 6.61 Å². The summed E-state index contributed by atoms with van der Waals surface area (Å²) in [6.07, 6.45) is -0.887. The molecular formula is C17H18N2O7. The van der Waals surface area contributed by atoms with Gasteiger partial charge in [-0.15, -0.1) is 0 Å². The lowest BCUT2D eigenvalue weighted by Crippen LogP contribution is -2.53. The largest absolute Gasteiger partial charge is 0.493 e. The Balaban J connectivity index is 1.80. The minimum absolute atomic E-state index is 0.0615. The Hall–Kier alpha value is -2.94. The van der Waals surface area contributed by atoms with Crippen molar-refractivity contribution >= 4 is 23.7 Å². The molecule has 3 rings (SSSR count). The molecule has 1 aromatic rings. The van der Waals surface area contributed by atoms with Crippen LogP contribution in [0.4, 0.5) is 0 Å². The van der Waals surface area contributed by atoms with Gasteiger partial charge in [0.1, 0.15) is 11.8 Å². The van der Waals surface area contributed by atoms with E-state index in [0.717, 1.165) is 4.90 Å². The first-order valence-electron chi connectivity index (χ1n) is 8.22. The van der Waals surface area contributed by atoms with Gasteiger partial charge in [0, 0.05) is 18.4 Å². The molecule has 0 spiro atoms. The second-order valence-corrected chi connectivity index (χ2v) is 6.12. The molecule has 0 saturated carbocycles. The molecule has 2 aliphatic heterocycles. The third-order valence-electron chi connectivity index (χ3n) is 4.39. The number of carboxylic acids is 1. The van der Waals surface area contributed by atoms with Crippen LogP contribution >= 0.6 is 0 Å². The highest BCUT2D eigenvalue weighted by Gasteiger charge is 2.45. The van der Waals surface area contributed by atoms with Gasteiger partial charge in [-0.2, -0.15) is 0 Å². The fourth-order valence-corrected chi connectivity index (χ4v) is 3.17. The van der Waals surface area contributed by atoms with Gasteiger partial charge in [-0.3, -0.25) is 29.4 Å². The molecule has 2 unspecified atom stereocenters. The average Bonchev–Trinajstić information content (AvgIpc) is 2.84. The van der Waals surface area contributed by atoms with Gasteiger partial charge in [-0.25, -0.2) is 0 Å². The van der Waals surface area contributed by atoms with Crippen LogP contribution in [0.15, 0.2) is 18.2 Å². The molecule has 2 aliphatic rings. The Bertz CT molecular complexity index is 776. The van der Waals surface area contributed by atoms with Gasteiger partial charge in [-0.1, -0.05) is 12.1 Å². The van der Waals surface area contributed by atoms with Crippen LogP contribution in [-0.2, 0) is 14.4 Å². The van der Waals surface area contributed by atoms with Crippen molar-refractivity contribution in [1.29, 1.82) is 0 Å². The summed E-state index contributed by atoms with van der Waals surface area (Å²) in [7, 11) is 0. The molecule has 9 heteroatoms. The molecule has 3 N–H and O–H groups in total. The monoisotopic (exact) mass is 362 g/mol. The molecule has 1 fully saturated rings. The van der Waals surface area contributed by atoms with Crippen molar-refractivity contribution in [3.05, 3.63) is 29.3 Å². The van der Waals surface area contributed by atoms with Gasteiger partial charge in [0.25, 0.3) is 5.91 Å². The number of hydrogen-bond acceptors (Lipinski definition) is 6. The number of carbonyl (C=O) groups is 4. The van der Waals surface area contributed by atoms with Gasteiger partial charge in [0.2, 0.25) is 11.8 Å². The minimum Gasteiger partial charge on any atom is -0.493 e. The van der Waals surface area contributed by atoms with Crippen molar-refractivity contribution in [2.45, 2.75) is 38.0 Å². The van der Waals surface area contributed by atoms with Crippen LogP contribution in [0, 0.1) is 0 Å². The number of aliphatic hydroxyl groups excluding tert-OH is 1. The molecule has 0 radical (unpaired) electrons. The highest BCUT2D eigenvalue weighted by Crippen LogP contribution is 2.39. The number of aliphatic carboxylic acids is 1. The molecule has 1 saturated heterocycles. The van der Waals surface area contributed by atoms with Crippen LogP contribution in [0.1, 0.15) is 47.8 Å². The summed E-state index contributed by atoms with van der Waals surface area (Å²) >= 11 is 0. The maximum absolute atomic E-state index is 12.8. The smallest absolute Gasteiger partial charge is 0.303 e. The normalized spacial score (nSPS) is 22.2. The lowest BCUT2D eigenvalue weighted by atomic mass is 10.0. The number of aliphatic hydroxyl groups is 1. The average molecular weight is 362 g/mol. The van der Waals surface area contributed by atoms with Crippen LogP contribution in [0.5, 0.6) is 5.75 Å². The van der Waals surface area contributed by atoms with E-state index in [0.29, 0.717) is 5.56 Å². The fourth-order valence-electron chi connectivity index (χ4n) is 3.17. The zero-order valence-electron chi connectivity index (χ0n) is 13.8. The quantitative estimate of drug-likeness (QED) is 0.486. The highest BCUT2D eigenvalue weighted by atomic mass is 16.5. The third kappa shape index (κ3) is 3.25. The van der Waals surface area contributed by atoms with E-state index in [-0.39, 0.29) is 43.6 Å². The van der Waals surface area contributed by atoms with E-state index in [2.05, 4.69) is 5.32 Å². The van der Waals surface area contributed by atoms with Crippen LogP contribution < -0.4 is 10.1 Å². The number of carbonyl (C=O) groups excluding carboxylic acids is 3. The number of nitrogens with zero attached hydrogens (tertiary/aromatic N) is 1. The van der Waals surface area contributed by atoms with Gasteiger partial charge < -0.3 is 14.9 Å². The number of imide groups is 1. The summed E-state index contributed by atoms with van der Waals surface area (Å²) in [6.45, 7) is 0.102. The van der Waals surface area contributed by atoms with Crippen molar-refractivity contribution in [2.24, 2.45) is 0 Å². The van der Waals surface area contributed by atoms with E-state index in [4.69, 9.17) is 9.84 Å². The zero-order chi connectivity index (χ0) is 18.8. The summed E-state index contributed by atoms with van der Waals surface area (Å²) in [4.78, 5) is 47.8. The van der Waals surface area contributed by atoms with E-state index >= 15 is 0 Å². The molecular weight excluding hydrogens is 344 g/mol. The Morgan fingerprint density at radius 3 is 2.77 bits per heavy atom. The number of carboxylic acid groups (broad SMARTS) is 1. The first-order chi connectivity index (χ1) is 12.4. The first kappa shape index (κ1) is 17.9. The summed E-state index contributed by atoms with van der Waals surface area (Å²) < 4.78 is 5.52. The predicted octanol–water partition coefficient (Wildman–Crippen LogP) is 0.182. The van der Waals surface area contributed by atoms with Gasteiger partial charge in [0.15, 0.2) is 6.23 Å². The van der Waals surface area contributed by atoms with E-state index in [1.165, 1.54) is 0 Å². The van der Waals surface area contributed by atoms with Crippen molar-refractivity contribution in [1.82, 2.24) is 10.2 Å². The Morgan fingerprint density at radius 2 is 2.08 bits per heavy atom. The molecule has 3 amide bonds. The van der Waals surface area contributed by atoms with Crippen LogP contribution in [0.3, 0.4) is 0 Å². The number of ether oxygens (including phenoxy) is 1. The van der Waals surface area contributed by atoms with Gasteiger partial charge >= 0.3 is 5.97 Å². The lowest BCUT2D eigenvalue weighted by Gasteiger charge is -2.31. The SMILES string of the molecule is O=C(O)CCCOc1cccc2c1C(=O)N(C1CCC(=O)NC1=O)C2O. The second kappa shape index (κ2) is 7.12. The number of benzene rings is 1. The van der Waals surface area contributed by atoms with E-state index in [1.807, 2.05) is 0 Å². The maximum Gasteiger partial charge on any atom is 0.303 e. The lowest BCUT2D eigenvalue weighted by molar-refractivity contribution is -0.140. The van der Waals surface area contributed by atoms with Gasteiger partial charge in [-0.05, 0) is 18.9 Å².